The molecule has 0 aliphatic rings. The molecule has 2 N–H and O–H groups in total. The first-order valence-electron chi connectivity index (χ1n) is 8.68. The Balaban J connectivity index is 2.89. The van der Waals surface area contributed by atoms with Crippen LogP contribution in [0.25, 0.3) is 0 Å². The van der Waals surface area contributed by atoms with Gasteiger partial charge in [-0.15, -0.1) is 0 Å². The lowest BCUT2D eigenvalue weighted by atomic mass is 10.0. The first kappa shape index (κ1) is 23.2. The molecule has 0 bridgehead atoms. The summed E-state index contributed by atoms with van der Waals surface area (Å²) < 4.78 is 10.0. The molecule has 0 aromatic heterocycles. The molecule has 0 aliphatic carbocycles. The summed E-state index contributed by atoms with van der Waals surface area (Å²) in [6, 6.07) is 6.12. The van der Waals surface area contributed by atoms with Crippen molar-refractivity contribution < 1.29 is 24.2 Å². The highest BCUT2D eigenvalue weighted by Crippen LogP contribution is 2.13. The number of likely N-dealkylation sites (N-methyl/N-ethyl adjacent to an activating group) is 1. The Morgan fingerprint density at radius 2 is 1.85 bits per heavy atom. The predicted molar refractivity (Wildman–Crippen MR) is 104 cm³/mol. The fourth-order valence-corrected chi connectivity index (χ4v) is 2.67. The van der Waals surface area contributed by atoms with Crippen LogP contribution in [0.2, 0.25) is 5.02 Å². The Kier molecular flexibility index (Phi) is 9.02. The molecule has 0 fully saturated rings. The fraction of sp³-hybridized carbons (Fsp3) is 0.579. The smallest absolute Gasteiger partial charge is 0.407 e. The zero-order valence-electron chi connectivity index (χ0n) is 16.5. The summed E-state index contributed by atoms with van der Waals surface area (Å²) in [4.78, 5) is 25.7. The van der Waals surface area contributed by atoms with Gasteiger partial charge in [-0.05, 0) is 51.9 Å². The van der Waals surface area contributed by atoms with Crippen LogP contribution in [-0.4, -0.2) is 67.1 Å². The lowest BCUT2D eigenvalue weighted by Gasteiger charge is -2.30. The molecule has 7 nitrogen and oxygen atoms in total. The summed E-state index contributed by atoms with van der Waals surface area (Å²) in [5.41, 5.74) is 0.341. The largest absolute Gasteiger partial charge is 0.468 e. The van der Waals surface area contributed by atoms with Crippen molar-refractivity contribution in [3.63, 3.8) is 0 Å². The SMILES string of the molecule is COC(=O)[C@H](CO)N(C)CC(Cc1ccc(Cl)cc1)NC(=O)OC(C)(C)C. The van der Waals surface area contributed by atoms with E-state index in [9.17, 15) is 14.7 Å². The van der Waals surface area contributed by atoms with Gasteiger partial charge in [0.15, 0.2) is 0 Å². The van der Waals surface area contributed by atoms with Gasteiger partial charge >= 0.3 is 12.1 Å². The minimum absolute atomic E-state index is 0.308. The number of hydrogen-bond acceptors (Lipinski definition) is 6. The molecule has 1 aromatic carbocycles. The topological polar surface area (TPSA) is 88.1 Å². The minimum Gasteiger partial charge on any atom is -0.468 e. The number of alkyl carbamates (subject to hydrolysis) is 1. The summed E-state index contributed by atoms with van der Waals surface area (Å²) in [5, 5.41) is 13.0. The number of amides is 1. The van der Waals surface area contributed by atoms with Crippen molar-refractivity contribution in [3.05, 3.63) is 34.9 Å². The second-order valence-electron chi connectivity index (χ2n) is 7.33. The van der Waals surface area contributed by atoms with E-state index in [1.54, 1.807) is 44.9 Å². The Labute approximate surface area is 165 Å². The van der Waals surface area contributed by atoms with E-state index in [0.717, 1.165) is 5.56 Å². The third kappa shape index (κ3) is 8.60. The van der Waals surface area contributed by atoms with Gasteiger partial charge in [-0.3, -0.25) is 9.69 Å². The minimum atomic E-state index is -0.817. The summed E-state index contributed by atoms with van der Waals surface area (Å²) in [6.07, 6.45) is -0.0476. The number of nitrogens with one attached hydrogen (secondary N) is 1. The van der Waals surface area contributed by atoms with Crippen LogP contribution in [0.5, 0.6) is 0 Å². The highest BCUT2D eigenvalue weighted by atomic mass is 35.5. The number of methoxy groups -OCH3 is 1. The number of carbonyl (C=O) groups is 2. The maximum atomic E-state index is 12.2. The number of halogens is 1. The van der Waals surface area contributed by atoms with Crippen LogP contribution in [0.1, 0.15) is 26.3 Å². The molecule has 0 saturated heterocycles. The summed E-state index contributed by atoms with van der Waals surface area (Å²) in [5.74, 6) is -0.539. The average molecular weight is 401 g/mol. The lowest BCUT2D eigenvalue weighted by molar-refractivity contribution is -0.148. The van der Waals surface area contributed by atoms with Crippen LogP contribution in [0.4, 0.5) is 4.79 Å². The van der Waals surface area contributed by atoms with Crippen LogP contribution in [-0.2, 0) is 20.7 Å². The molecule has 0 saturated carbocycles. The molecule has 0 aliphatic heterocycles. The number of esters is 1. The normalized spacial score (nSPS) is 13.8. The van der Waals surface area contributed by atoms with E-state index in [1.165, 1.54) is 7.11 Å². The van der Waals surface area contributed by atoms with Gasteiger partial charge in [-0.2, -0.15) is 0 Å². The molecule has 0 heterocycles. The van der Waals surface area contributed by atoms with Crippen molar-refractivity contribution in [3.8, 4) is 0 Å². The van der Waals surface area contributed by atoms with Gasteiger partial charge < -0.3 is 19.9 Å². The lowest BCUT2D eigenvalue weighted by Crippen LogP contribution is -2.51. The van der Waals surface area contributed by atoms with Crippen molar-refractivity contribution >= 4 is 23.7 Å². The Hall–Kier alpha value is -1.83. The molecule has 8 heteroatoms. The van der Waals surface area contributed by atoms with Gasteiger partial charge in [0.25, 0.3) is 0 Å². The molecule has 1 unspecified atom stereocenters. The number of aliphatic hydroxyl groups excluding tert-OH is 1. The molecule has 1 amide bonds. The van der Waals surface area contributed by atoms with Gasteiger partial charge in [0.05, 0.1) is 13.7 Å². The monoisotopic (exact) mass is 400 g/mol. The third-order valence-electron chi connectivity index (χ3n) is 3.80. The molecule has 27 heavy (non-hydrogen) atoms. The van der Waals surface area contributed by atoms with Crippen molar-refractivity contribution in [2.75, 3.05) is 27.3 Å². The van der Waals surface area contributed by atoms with Gasteiger partial charge in [-0.25, -0.2) is 4.79 Å². The zero-order valence-corrected chi connectivity index (χ0v) is 17.2. The van der Waals surface area contributed by atoms with Crippen LogP contribution in [0, 0.1) is 0 Å². The summed E-state index contributed by atoms with van der Waals surface area (Å²) in [7, 11) is 2.95. The first-order chi connectivity index (χ1) is 12.6. The highest BCUT2D eigenvalue weighted by molar-refractivity contribution is 6.30. The molecule has 2 atom stereocenters. The van der Waals surface area contributed by atoms with Gasteiger partial charge in [0.2, 0.25) is 0 Å². The second-order valence-corrected chi connectivity index (χ2v) is 7.77. The quantitative estimate of drug-likeness (QED) is 0.650. The third-order valence-corrected chi connectivity index (χ3v) is 4.05. The van der Waals surface area contributed by atoms with E-state index < -0.39 is 23.7 Å². The number of nitrogens with zero attached hydrogens (tertiary/aromatic N) is 1. The number of aliphatic hydroxyl groups is 1. The standard InChI is InChI=1S/C19H29ClN2O5/c1-19(2,3)27-18(25)21-15(10-13-6-8-14(20)9-7-13)11-22(4)16(12-23)17(24)26-5/h6-9,15-16,23H,10-12H2,1-5H3,(H,21,25)/t15?,16-/m0/s1. The highest BCUT2D eigenvalue weighted by Gasteiger charge is 2.27. The Bertz CT molecular complexity index is 616. The van der Waals surface area contributed by atoms with Crippen molar-refractivity contribution in [2.24, 2.45) is 0 Å². The average Bonchev–Trinajstić information content (AvgIpc) is 2.55. The van der Waals surface area contributed by atoms with E-state index in [0.29, 0.717) is 18.0 Å². The van der Waals surface area contributed by atoms with E-state index in [4.69, 9.17) is 21.1 Å². The number of carbonyl (C=O) groups excluding carboxylic acids is 2. The van der Waals surface area contributed by atoms with E-state index in [1.807, 2.05) is 12.1 Å². The van der Waals surface area contributed by atoms with Crippen LogP contribution < -0.4 is 5.32 Å². The second kappa shape index (κ2) is 10.5. The Morgan fingerprint density at radius 1 is 1.26 bits per heavy atom. The molecule has 1 rings (SSSR count). The first-order valence-corrected chi connectivity index (χ1v) is 9.06. The maximum absolute atomic E-state index is 12.2. The Morgan fingerprint density at radius 3 is 2.33 bits per heavy atom. The van der Waals surface area contributed by atoms with Crippen molar-refractivity contribution in [1.29, 1.82) is 0 Å². The number of ether oxygens (including phenoxy) is 2. The van der Waals surface area contributed by atoms with Crippen LogP contribution >= 0.6 is 11.6 Å². The van der Waals surface area contributed by atoms with Crippen molar-refractivity contribution in [2.45, 2.75) is 44.9 Å². The predicted octanol–water partition coefficient (Wildman–Crippen LogP) is 2.24. The van der Waals surface area contributed by atoms with E-state index in [2.05, 4.69) is 5.32 Å². The van der Waals surface area contributed by atoms with Crippen molar-refractivity contribution in [1.82, 2.24) is 10.2 Å². The molecule has 1 aromatic rings. The van der Waals surface area contributed by atoms with Gasteiger partial charge in [0.1, 0.15) is 11.6 Å². The summed E-state index contributed by atoms with van der Waals surface area (Å²) >= 11 is 5.92. The fourth-order valence-electron chi connectivity index (χ4n) is 2.55. The molecule has 0 spiro atoms. The molecular formula is C19H29ClN2O5. The van der Waals surface area contributed by atoms with E-state index >= 15 is 0 Å². The zero-order chi connectivity index (χ0) is 20.6. The number of benzene rings is 1. The van der Waals surface area contributed by atoms with Crippen LogP contribution in [0.3, 0.4) is 0 Å². The molecular weight excluding hydrogens is 372 g/mol. The number of rotatable bonds is 8. The van der Waals surface area contributed by atoms with E-state index in [-0.39, 0.29) is 12.6 Å². The van der Waals surface area contributed by atoms with Gasteiger partial charge in [0, 0.05) is 17.6 Å². The molecule has 152 valence electrons. The maximum Gasteiger partial charge on any atom is 0.407 e. The van der Waals surface area contributed by atoms with Crippen LogP contribution in [0.15, 0.2) is 24.3 Å². The number of hydrogen-bond donors (Lipinski definition) is 2. The summed E-state index contributed by atoms with van der Waals surface area (Å²) in [6.45, 7) is 5.27. The molecule has 0 radical (unpaired) electrons. The van der Waals surface area contributed by atoms with Gasteiger partial charge in [-0.1, -0.05) is 23.7 Å².